The Morgan fingerprint density at radius 1 is 1.16 bits per heavy atom. The molecule has 0 spiro atoms. The molecular weight excluding hydrogens is 655 g/mol. The number of aromatic nitrogens is 3. The predicted molar refractivity (Wildman–Crippen MR) is 187 cm³/mol. The molecule has 6 N–H and O–H groups in total. The quantitative estimate of drug-likeness (QED) is 0.0453. The first kappa shape index (κ1) is 35.2. The van der Waals surface area contributed by atoms with E-state index in [1.165, 1.54) is 28.5 Å². The maximum Gasteiger partial charge on any atom is 0.416 e. The summed E-state index contributed by atoms with van der Waals surface area (Å²) in [4.78, 5) is 21.2. The van der Waals surface area contributed by atoms with Gasteiger partial charge in [0.2, 0.25) is 0 Å². The molecule has 2 aromatic heterocycles. The lowest BCUT2D eigenvalue weighted by molar-refractivity contribution is -0.137. The van der Waals surface area contributed by atoms with E-state index in [2.05, 4.69) is 20.6 Å². The van der Waals surface area contributed by atoms with Gasteiger partial charge >= 0.3 is 11.9 Å². The lowest BCUT2D eigenvalue weighted by Gasteiger charge is -2.33. The van der Waals surface area contributed by atoms with Gasteiger partial charge in [-0.2, -0.15) is 18.2 Å². The Labute approximate surface area is 287 Å². The van der Waals surface area contributed by atoms with Crippen LogP contribution in [0.3, 0.4) is 0 Å². The molecule has 262 valence electrons. The molecule has 1 unspecified atom stereocenters. The van der Waals surface area contributed by atoms with E-state index in [0.29, 0.717) is 69.5 Å². The molecule has 3 heterocycles. The Hall–Kier alpha value is -3.68. The molecule has 13 heteroatoms. The summed E-state index contributed by atoms with van der Waals surface area (Å²) in [6, 6.07) is 8.92. The predicted octanol–water partition coefficient (Wildman–Crippen LogP) is 7.48. The molecule has 3 atom stereocenters. The molecule has 1 aliphatic heterocycles. The average Bonchev–Trinajstić information content (AvgIpc) is 3.83. The van der Waals surface area contributed by atoms with Crippen LogP contribution < -0.4 is 22.1 Å². The second-order valence-corrected chi connectivity index (χ2v) is 14.3. The van der Waals surface area contributed by atoms with Gasteiger partial charge in [-0.1, -0.05) is 6.42 Å². The number of nitrogens with zero attached hydrogens (tertiary/aromatic N) is 2. The third kappa shape index (κ3) is 8.38. The van der Waals surface area contributed by atoms with Crippen LogP contribution in [0.1, 0.15) is 81.0 Å². The highest BCUT2D eigenvalue weighted by molar-refractivity contribution is 7.98. The van der Waals surface area contributed by atoms with E-state index in [-0.39, 0.29) is 23.8 Å². The normalized spacial score (nSPS) is 18.9. The summed E-state index contributed by atoms with van der Waals surface area (Å²) in [7, 11) is 0. The van der Waals surface area contributed by atoms with Gasteiger partial charge < -0.3 is 21.4 Å². The molecule has 49 heavy (non-hydrogen) atoms. The third-order valence-electron chi connectivity index (χ3n) is 9.66. The van der Waals surface area contributed by atoms with Gasteiger partial charge in [-0.05, 0) is 118 Å². The van der Waals surface area contributed by atoms with Gasteiger partial charge in [0.25, 0.3) is 0 Å². The minimum atomic E-state index is -4.53. The van der Waals surface area contributed by atoms with Gasteiger partial charge in [0.05, 0.1) is 17.1 Å². The number of fused-ring (bicyclic) bond motifs is 1. The first-order valence-corrected chi connectivity index (χ1v) is 18.1. The van der Waals surface area contributed by atoms with Gasteiger partial charge in [0, 0.05) is 52.4 Å². The third-order valence-corrected chi connectivity index (χ3v) is 10.4. The van der Waals surface area contributed by atoms with Crippen LogP contribution in [0.5, 0.6) is 0 Å². The number of nitrogens with two attached hydrogens (primary N) is 1. The number of aryl methyl sites for hydroxylation is 1. The Bertz CT molecular complexity index is 1880. The number of thioether (sulfide) groups is 1. The summed E-state index contributed by atoms with van der Waals surface area (Å²) in [5.41, 5.74) is 7.26. The zero-order chi connectivity index (χ0) is 34.9. The minimum absolute atomic E-state index is 0.0851. The van der Waals surface area contributed by atoms with Gasteiger partial charge in [-0.15, -0.1) is 11.8 Å². The van der Waals surface area contributed by atoms with E-state index in [0.717, 1.165) is 51.0 Å². The van der Waals surface area contributed by atoms with Crippen molar-refractivity contribution in [1.29, 1.82) is 5.41 Å². The van der Waals surface area contributed by atoms with Crippen molar-refractivity contribution in [3.05, 3.63) is 75.6 Å². The first-order chi connectivity index (χ1) is 23.4. The SMILES string of the molecule is CSc1cc(-n2cc3cc(-c4cc(CCCC(N)C5CC5)cc(C(F)(F)F)c4)[nH]c3nc2=O)cc(F)c1[C@@H]1CCC[C@@H](CCNC(C)=N)N1. The number of halogens is 4. The summed E-state index contributed by atoms with van der Waals surface area (Å²) in [5.74, 6) is 0.520. The van der Waals surface area contributed by atoms with E-state index in [4.69, 9.17) is 11.1 Å². The molecule has 0 amide bonds. The molecule has 1 saturated carbocycles. The highest BCUT2D eigenvalue weighted by Gasteiger charge is 2.32. The zero-order valence-electron chi connectivity index (χ0n) is 27.7. The monoisotopic (exact) mass is 697 g/mol. The average molecular weight is 698 g/mol. The lowest BCUT2D eigenvalue weighted by Crippen LogP contribution is -2.39. The zero-order valence-corrected chi connectivity index (χ0v) is 28.5. The smallest absolute Gasteiger partial charge is 0.374 e. The van der Waals surface area contributed by atoms with Crippen molar-refractivity contribution in [2.45, 2.75) is 93.9 Å². The summed E-state index contributed by atoms with van der Waals surface area (Å²) in [5, 5.41) is 14.7. The number of alkyl halides is 3. The Morgan fingerprint density at radius 3 is 2.67 bits per heavy atom. The highest BCUT2D eigenvalue weighted by Crippen LogP contribution is 2.38. The largest absolute Gasteiger partial charge is 0.416 e. The fraction of sp³-hybridized carbons (Fsp3) is 0.472. The van der Waals surface area contributed by atoms with Gasteiger partial charge in [-0.25, -0.2) is 9.18 Å². The molecule has 1 aliphatic carbocycles. The summed E-state index contributed by atoms with van der Waals surface area (Å²) < 4.78 is 59.0. The van der Waals surface area contributed by atoms with Crippen molar-refractivity contribution >= 4 is 28.6 Å². The highest BCUT2D eigenvalue weighted by atomic mass is 32.2. The van der Waals surface area contributed by atoms with Crippen LogP contribution in [0.25, 0.3) is 28.0 Å². The van der Waals surface area contributed by atoms with E-state index < -0.39 is 23.2 Å². The van der Waals surface area contributed by atoms with E-state index in [1.54, 1.807) is 31.3 Å². The molecular formula is C36H43F4N7OS. The maximum absolute atomic E-state index is 15.9. The van der Waals surface area contributed by atoms with Crippen molar-refractivity contribution in [2.24, 2.45) is 11.7 Å². The van der Waals surface area contributed by atoms with Crippen molar-refractivity contribution < 1.29 is 17.6 Å². The van der Waals surface area contributed by atoms with Crippen molar-refractivity contribution in [3.63, 3.8) is 0 Å². The van der Waals surface area contributed by atoms with Crippen LogP contribution >= 0.6 is 11.8 Å². The second-order valence-electron chi connectivity index (χ2n) is 13.4. The molecule has 0 radical (unpaired) electrons. The Balaban J connectivity index is 1.27. The summed E-state index contributed by atoms with van der Waals surface area (Å²) >= 11 is 1.40. The van der Waals surface area contributed by atoms with Gasteiger partial charge in [0.1, 0.15) is 11.5 Å². The van der Waals surface area contributed by atoms with Crippen LogP contribution in [-0.2, 0) is 12.6 Å². The van der Waals surface area contributed by atoms with Crippen LogP contribution in [0.2, 0.25) is 0 Å². The molecule has 2 aromatic carbocycles. The van der Waals surface area contributed by atoms with Gasteiger partial charge in [-0.3, -0.25) is 9.98 Å². The molecule has 6 rings (SSSR count). The first-order valence-electron chi connectivity index (χ1n) is 16.9. The number of hydrogen-bond acceptors (Lipinski definition) is 6. The second kappa shape index (κ2) is 14.7. The maximum atomic E-state index is 15.9. The molecule has 2 aliphatic rings. The number of nitrogens with one attached hydrogen (secondary N) is 4. The minimum Gasteiger partial charge on any atom is -0.374 e. The van der Waals surface area contributed by atoms with Crippen LogP contribution in [0, 0.1) is 17.1 Å². The van der Waals surface area contributed by atoms with Gasteiger partial charge in [0.15, 0.2) is 0 Å². The number of H-pyrrole nitrogens is 1. The molecule has 8 nitrogen and oxygen atoms in total. The van der Waals surface area contributed by atoms with E-state index in [9.17, 15) is 18.0 Å². The summed E-state index contributed by atoms with van der Waals surface area (Å²) in [6.45, 7) is 2.37. The standard InChI is InChI=1S/C36H43F4N7OS/c1-20(41)43-12-11-26-6-4-8-30(44-26)33-28(37)17-27(18-32(33)49-2)47-19-24-16-31(45-34(24)46-35(47)48)23-13-21(14-25(15-23)36(38,39)40)5-3-7-29(42)22-9-10-22/h13-19,22,26,29-30,44H,3-12,42H2,1-2H3,(H2,41,43)(H,45,46,48)/t26-,29?,30-/m0/s1. The van der Waals surface area contributed by atoms with Crippen LogP contribution in [-0.4, -0.2) is 45.3 Å². The summed E-state index contributed by atoms with van der Waals surface area (Å²) in [6.07, 6.45) is 6.57. The number of rotatable bonds is 12. The number of piperidine rings is 1. The molecule has 4 aromatic rings. The molecule has 1 saturated heterocycles. The van der Waals surface area contributed by atoms with Crippen LogP contribution in [0.15, 0.2) is 52.3 Å². The lowest BCUT2D eigenvalue weighted by atomic mass is 9.91. The number of aromatic amines is 1. The Kier molecular flexibility index (Phi) is 10.5. The fourth-order valence-electron chi connectivity index (χ4n) is 6.93. The topological polar surface area (TPSA) is 125 Å². The van der Waals surface area contributed by atoms with Crippen molar-refractivity contribution in [1.82, 2.24) is 25.2 Å². The van der Waals surface area contributed by atoms with Crippen LogP contribution in [0.4, 0.5) is 17.6 Å². The Morgan fingerprint density at radius 2 is 1.96 bits per heavy atom. The number of hydrogen-bond donors (Lipinski definition) is 5. The number of amidine groups is 1. The molecule has 0 bridgehead atoms. The fourth-order valence-corrected chi connectivity index (χ4v) is 7.62. The van der Waals surface area contributed by atoms with Crippen molar-refractivity contribution in [2.75, 3.05) is 12.8 Å². The molecule has 2 fully saturated rings. The number of benzene rings is 2. The van der Waals surface area contributed by atoms with Crippen molar-refractivity contribution in [3.8, 4) is 16.9 Å². The van der Waals surface area contributed by atoms with E-state index in [1.807, 2.05) is 6.26 Å². The van der Waals surface area contributed by atoms with E-state index >= 15 is 4.39 Å².